The van der Waals surface area contributed by atoms with E-state index in [4.69, 9.17) is 9.15 Å². The van der Waals surface area contributed by atoms with Gasteiger partial charge in [-0.25, -0.2) is 0 Å². The third-order valence-electron chi connectivity index (χ3n) is 7.10. The van der Waals surface area contributed by atoms with Crippen molar-refractivity contribution in [2.24, 2.45) is 0 Å². The number of H-pyrrole nitrogens is 1. The Morgan fingerprint density at radius 2 is 2.14 bits per heavy atom. The van der Waals surface area contributed by atoms with Gasteiger partial charge < -0.3 is 19.6 Å². The van der Waals surface area contributed by atoms with Crippen molar-refractivity contribution in [1.29, 1.82) is 0 Å². The number of nitrogens with one attached hydrogen (secondary N) is 2. The lowest BCUT2D eigenvalue weighted by atomic mass is 10.0. The van der Waals surface area contributed by atoms with Crippen molar-refractivity contribution in [3.8, 4) is 22.8 Å². The number of furan rings is 1. The molecule has 6 rings (SSSR count). The number of phenols is 1. The van der Waals surface area contributed by atoms with Gasteiger partial charge >= 0.3 is 0 Å². The fourth-order valence-corrected chi connectivity index (χ4v) is 5.20. The van der Waals surface area contributed by atoms with Crippen LogP contribution in [0.25, 0.3) is 33.1 Å². The number of ether oxygens (including phenoxy) is 1. The lowest BCUT2D eigenvalue weighted by Gasteiger charge is -2.33. The highest BCUT2D eigenvalue weighted by Gasteiger charge is 2.24. The van der Waals surface area contributed by atoms with Crippen molar-refractivity contribution in [1.82, 2.24) is 20.4 Å². The van der Waals surface area contributed by atoms with Crippen LogP contribution in [0.15, 0.2) is 71.3 Å². The van der Waals surface area contributed by atoms with Crippen molar-refractivity contribution in [2.45, 2.75) is 25.4 Å². The number of methoxy groups -OCH3 is 1. The maximum Gasteiger partial charge on any atom is 0.251 e. The van der Waals surface area contributed by atoms with E-state index in [-0.39, 0.29) is 17.7 Å². The Bertz CT molecular complexity index is 1590. The molecule has 1 amide bonds. The number of hydrogen-bond acceptors (Lipinski definition) is 6. The van der Waals surface area contributed by atoms with Crippen LogP contribution >= 0.6 is 0 Å². The molecule has 0 radical (unpaired) electrons. The molecule has 0 bridgehead atoms. The van der Waals surface area contributed by atoms with E-state index in [2.05, 4.69) is 20.4 Å². The smallest absolute Gasteiger partial charge is 0.251 e. The molecule has 188 valence electrons. The minimum atomic E-state index is -0.105. The number of likely N-dealkylation sites (tertiary alicyclic amines) is 1. The molecule has 3 N–H and O–H groups in total. The quantitative estimate of drug-likeness (QED) is 0.303. The van der Waals surface area contributed by atoms with Crippen LogP contribution in [0, 0.1) is 0 Å². The molecule has 1 fully saturated rings. The molecule has 1 aliphatic rings. The van der Waals surface area contributed by atoms with E-state index in [1.54, 1.807) is 25.5 Å². The molecule has 3 heterocycles. The van der Waals surface area contributed by atoms with Crippen LogP contribution in [0.4, 0.5) is 0 Å². The van der Waals surface area contributed by atoms with E-state index >= 15 is 0 Å². The Hall–Kier alpha value is -4.30. The van der Waals surface area contributed by atoms with Gasteiger partial charge in [0.2, 0.25) is 0 Å². The fraction of sp³-hybridized carbons (Fsp3) is 0.241. The SMILES string of the molecule is COc1cccc(O)c1CN1CCC[C@@H](NC(=O)c2ccc3[nH]nc(-c4ccc5occc5c4)c3c2)C1. The molecule has 0 unspecified atom stereocenters. The van der Waals surface area contributed by atoms with E-state index in [9.17, 15) is 9.90 Å². The van der Waals surface area contributed by atoms with Crippen molar-refractivity contribution in [3.05, 3.63) is 78.1 Å². The van der Waals surface area contributed by atoms with Gasteiger partial charge in [-0.1, -0.05) is 6.07 Å². The van der Waals surface area contributed by atoms with Crippen LogP contribution in [0.5, 0.6) is 11.5 Å². The largest absolute Gasteiger partial charge is 0.507 e. The molecule has 1 atom stereocenters. The first kappa shape index (κ1) is 23.1. The summed E-state index contributed by atoms with van der Waals surface area (Å²) in [6.45, 7) is 2.16. The molecule has 0 saturated carbocycles. The molecule has 0 aliphatic carbocycles. The van der Waals surface area contributed by atoms with Crippen molar-refractivity contribution >= 4 is 27.8 Å². The number of piperidine rings is 1. The second kappa shape index (κ2) is 9.63. The number of amides is 1. The first-order valence-corrected chi connectivity index (χ1v) is 12.4. The molecule has 8 heteroatoms. The van der Waals surface area contributed by atoms with Gasteiger partial charge in [0, 0.05) is 46.6 Å². The highest BCUT2D eigenvalue weighted by atomic mass is 16.5. The van der Waals surface area contributed by atoms with Crippen molar-refractivity contribution in [2.75, 3.05) is 20.2 Å². The number of aromatic hydroxyl groups is 1. The van der Waals surface area contributed by atoms with Crippen molar-refractivity contribution < 1.29 is 19.1 Å². The van der Waals surface area contributed by atoms with Gasteiger partial charge in [0.25, 0.3) is 5.91 Å². The van der Waals surface area contributed by atoms with Gasteiger partial charge in [-0.2, -0.15) is 5.10 Å². The highest BCUT2D eigenvalue weighted by Crippen LogP contribution is 2.31. The summed E-state index contributed by atoms with van der Waals surface area (Å²) in [6, 6.07) is 18.8. The topological polar surface area (TPSA) is 104 Å². The van der Waals surface area contributed by atoms with E-state index in [0.717, 1.165) is 58.1 Å². The number of carbonyl (C=O) groups excluding carboxylic acids is 1. The van der Waals surface area contributed by atoms with Gasteiger partial charge in [-0.3, -0.25) is 14.8 Å². The summed E-state index contributed by atoms with van der Waals surface area (Å²) in [5.41, 5.74) is 4.82. The molecule has 8 nitrogen and oxygen atoms in total. The number of hydrogen-bond donors (Lipinski definition) is 3. The maximum absolute atomic E-state index is 13.3. The average Bonchev–Trinajstić information content (AvgIpc) is 3.56. The van der Waals surface area contributed by atoms with Crippen LogP contribution in [0.1, 0.15) is 28.8 Å². The number of aromatic nitrogens is 2. The van der Waals surface area contributed by atoms with E-state index in [1.807, 2.05) is 48.5 Å². The molecule has 1 saturated heterocycles. The number of nitrogens with zero attached hydrogens (tertiary/aromatic N) is 2. The molecular formula is C29H28N4O4. The van der Waals surface area contributed by atoms with Gasteiger partial charge in [-0.15, -0.1) is 0 Å². The van der Waals surface area contributed by atoms with Gasteiger partial charge in [0.15, 0.2) is 0 Å². The third-order valence-corrected chi connectivity index (χ3v) is 7.10. The Morgan fingerprint density at radius 1 is 1.22 bits per heavy atom. The predicted octanol–water partition coefficient (Wildman–Crippen LogP) is 5.08. The minimum absolute atomic E-state index is 0.0149. The summed E-state index contributed by atoms with van der Waals surface area (Å²) in [5, 5.41) is 23.0. The predicted molar refractivity (Wildman–Crippen MR) is 142 cm³/mol. The number of phenolic OH excluding ortho intramolecular Hbond substituents is 1. The number of carbonyl (C=O) groups is 1. The molecule has 3 aromatic carbocycles. The zero-order valence-corrected chi connectivity index (χ0v) is 20.5. The summed E-state index contributed by atoms with van der Waals surface area (Å²) < 4.78 is 10.9. The monoisotopic (exact) mass is 496 g/mol. The van der Waals surface area contributed by atoms with Gasteiger partial charge in [-0.05, 0) is 74.0 Å². The lowest BCUT2D eigenvalue weighted by molar-refractivity contribution is 0.0900. The molecule has 0 spiro atoms. The number of fused-ring (bicyclic) bond motifs is 2. The second-order valence-electron chi connectivity index (χ2n) is 9.51. The van der Waals surface area contributed by atoms with Crippen LogP contribution in [-0.4, -0.2) is 52.4 Å². The third kappa shape index (κ3) is 4.51. The highest BCUT2D eigenvalue weighted by molar-refractivity contribution is 6.02. The maximum atomic E-state index is 13.3. The average molecular weight is 497 g/mol. The Balaban J connectivity index is 1.19. The van der Waals surface area contributed by atoms with E-state index in [1.165, 1.54) is 0 Å². The van der Waals surface area contributed by atoms with Gasteiger partial charge in [0.05, 0.1) is 24.6 Å². The summed E-state index contributed by atoms with van der Waals surface area (Å²) in [7, 11) is 1.61. The van der Waals surface area contributed by atoms with E-state index < -0.39 is 0 Å². The molecule has 37 heavy (non-hydrogen) atoms. The lowest BCUT2D eigenvalue weighted by Crippen LogP contribution is -2.47. The number of benzene rings is 3. The number of aromatic amines is 1. The zero-order valence-electron chi connectivity index (χ0n) is 20.5. The zero-order chi connectivity index (χ0) is 25.4. The minimum Gasteiger partial charge on any atom is -0.507 e. The Morgan fingerprint density at radius 3 is 3.03 bits per heavy atom. The van der Waals surface area contributed by atoms with Gasteiger partial charge in [0.1, 0.15) is 17.1 Å². The van der Waals surface area contributed by atoms with E-state index in [0.29, 0.717) is 24.4 Å². The molecule has 5 aromatic rings. The molecular weight excluding hydrogens is 468 g/mol. The number of rotatable bonds is 6. The van der Waals surface area contributed by atoms with Crippen LogP contribution in [0.2, 0.25) is 0 Å². The van der Waals surface area contributed by atoms with Crippen LogP contribution < -0.4 is 10.1 Å². The molecule has 1 aliphatic heterocycles. The summed E-state index contributed by atoms with van der Waals surface area (Å²) in [6.07, 6.45) is 3.54. The summed E-state index contributed by atoms with van der Waals surface area (Å²) in [5.74, 6) is 0.787. The Labute approximate surface area is 213 Å². The summed E-state index contributed by atoms with van der Waals surface area (Å²) in [4.78, 5) is 15.5. The van der Waals surface area contributed by atoms with Crippen LogP contribution in [0.3, 0.4) is 0 Å². The fourth-order valence-electron chi connectivity index (χ4n) is 5.20. The normalized spacial score (nSPS) is 16.3. The first-order chi connectivity index (χ1) is 18.1. The Kier molecular flexibility index (Phi) is 6.02. The second-order valence-corrected chi connectivity index (χ2v) is 9.51. The van der Waals surface area contributed by atoms with Crippen LogP contribution in [-0.2, 0) is 6.54 Å². The molecule has 2 aromatic heterocycles. The van der Waals surface area contributed by atoms with Crippen molar-refractivity contribution in [3.63, 3.8) is 0 Å². The standard InChI is InChI=1S/C29H28N4O4/c1-36-27-6-2-5-25(34)23(27)17-33-12-3-4-21(16-33)30-29(35)20-7-9-24-22(15-20)28(32-31-24)19-8-10-26-18(14-19)11-13-37-26/h2,5-11,13-15,21,34H,3-4,12,16-17H2,1H3,(H,30,35)(H,31,32)/t21-/m1/s1. The first-order valence-electron chi connectivity index (χ1n) is 12.4. The summed E-state index contributed by atoms with van der Waals surface area (Å²) >= 11 is 0.